The van der Waals surface area contributed by atoms with Crippen LogP contribution >= 0.6 is 0 Å². The van der Waals surface area contributed by atoms with Gasteiger partial charge >= 0.3 is 0 Å². The highest BCUT2D eigenvalue weighted by molar-refractivity contribution is 5.86. The molecule has 1 heterocycles. The Bertz CT molecular complexity index is 506. The first-order chi connectivity index (χ1) is 9.72. The van der Waals surface area contributed by atoms with Gasteiger partial charge in [-0.05, 0) is 31.1 Å². The van der Waals surface area contributed by atoms with Gasteiger partial charge in [0.15, 0.2) is 5.75 Å². The number of nitrogen functional groups attached to an aromatic ring is 1. The highest BCUT2D eigenvalue weighted by atomic mass is 16.5. The average Bonchev–Trinajstić information content (AvgIpc) is 2.48. The Kier molecular flexibility index (Phi) is 5.01. The standard InChI is InChI=1S/C15H21N3O2/c1-19-15-12(3-2-4-14(15)17)13(16)5-8-18-11-6-9-20-10-7-11/h2-5,8,11H,6-7,9-10,16-17H2,1H3. The maximum atomic E-state index is 6.07. The van der Waals surface area contributed by atoms with Crippen molar-refractivity contribution in [1.82, 2.24) is 0 Å². The highest BCUT2D eigenvalue weighted by Gasteiger charge is 2.11. The second-order valence-corrected chi connectivity index (χ2v) is 4.69. The van der Waals surface area contributed by atoms with E-state index in [-0.39, 0.29) is 0 Å². The number of allylic oxidation sites excluding steroid dienone is 1. The minimum absolute atomic E-state index is 0.329. The fourth-order valence-electron chi connectivity index (χ4n) is 2.18. The number of rotatable bonds is 4. The second kappa shape index (κ2) is 6.96. The first kappa shape index (κ1) is 14.4. The molecule has 0 amide bonds. The predicted octanol–water partition coefficient (Wildman–Crippen LogP) is 1.83. The van der Waals surface area contributed by atoms with E-state index in [0.29, 0.717) is 23.2 Å². The van der Waals surface area contributed by atoms with Gasteiger partial charge in [0.05, 0.1) is 18.8 Å². The number of anilines is 1. The third kappa shape index (κ3) is 3.51. The van der Waals surface area contributed by atoms with E-state index in [1.54, 1.807) is 25.5 Å². The smallest absolute Gasteiger partial charge is 0.151 e. The molecule has 2 rings (SSSR count). The van der Waals surface area contributed by atoms with Crippen LogP contribution in [0.25, 0.3) is 5.70 Å². The van der Waals surface area contributed by atoms with Crippen LogP contribution in [-0.2, 0) is 4.74 Å². The topological polar surface area (TPSA) is 82.9 Å². The molecule has 0 radical (unpaired) electrons. The van der Waals surface area contributed by atoms with Gasteiger partial charge < -0.3 is 20.9 Å². The maximum Gasteiger partial charge on any atom is 0.151 e. The van der Waals surface area contributed by atoms with Crippen molar-refractivity contribution in [3.63, 3.8) is 0 Å². The van der Waals surface area contributed by atoms with Crippen LogP contribution < -0.4 is 16.2 Å². The Labute approximate surface area is 119 Å². The lowest BCUT2D eigenvalue weighted by molar-refractivity contribution is 0.0872. The summed E-state index contributed by atoms with van der Waals surface area (Å²) in [5, 5.41) is 0. The zero-order valence-electron chi connectivity index (χ0n) is 11.7. The molecule has 1 aromatic rings. The lowest BCUT2D eigenvalue weighted by Gasteiger charge is -2.17. The Morgan fingerprint density at radius 2 is 2.15 bits per heavy atom. The van der Waals surface area contributed by atoms with Crippen LogP contribution in [0.1, 0.15) is 18.4 Å². The van der Waals surface area contributed by atoms with Crippen molar-refractivity contribution in [3.8, 4) is 5.75 Å². The van der Waals surface area contributed by atoms with Crippen LogP contribution in [0, 0.1) is 0 Å². The molecule has 1 fully saturated rings. The summed E-state index contributed by atoms with van der Waals surface area (Å²) < 4.78 is 10.6. The monoisotopic (exact) mass is 275 g/mol. The number of methoxy groups -OCH3 is 1. The molecule has 1 aromatic carbocycles. The summed E-state index contributed by atoms with van der Waals surface area (Å²) in [6, 6.07) is 5.84. The molecule has 0 bridgehead atoms. The van der Waals surface area contributed by atoms with Crippen LogP contribution in [0.4, 0.5) is 5.69 Å². The van der Waals surface area contributed by atoms with Gasteiger partial charge in [-0.2, -0.15) is 0 Å². The SMILES string of the molecule is COc1c(N)cccc1C(N)=CC=NC1CCOCC1. The molecule has 0 aliphatic carbocycles. The minimum atomic E-state index is 0.329. The molecule has 0 atom stereocenters. The van der Waals surface area contributed by atoms with Gasteiger partial charge in [-0.25, -0.2) is 0 Å². The Morgan fingerprint density at radius 3 is 2.85 bits per heavy atom. The van der Waals surface area contributed by atoms with Gasteiger partial charge in [-0.1, -0.05) is 6.07 Å². The molecule has 0 saturated carbocycles. The van der Waals surface area contributed by atoms with Crippen molar-refractivity contribution in [3.05, 3.63) is 29.8 Å². The van der Waals surface area contributed by atoms with E-state index in [1.807, 2.05) is 12.1 Å². The van der Waals surface area contributed by atoms with Crippen molar-refractivity contribution < 1.29 is 9.47 Å². The van der Waals surface area contributed by atoms with Crippen molar-refractivity contribution in [2.24, 2.45) is 10.7 Å². The average molecular weight is 275 g/mol. The number of aliphatic imine (C=N–C) groups is 1. The van der Waals surface area contributed by atoms with Crippen LogP contribution in [0.2, 0.25) is 0 Å². The summed E-state index contributed by atoms with van der Waals surface area (Å²) in [7, 11) is 1.58. The molecule has 0 aromatic heterocycles. The zero-order valence-corrected chi connectivity index (χ0v) is 11.7. The lowest BCUT2D eigenvalue weighted by atomic mass is 10.1. The molecular weight excluding hydrogens is 254 g/mol. The van der Waals surface area contributed by atoms with Crippen molar-refractivity contribution in [2.75, 3.05) is 26.1 Å². The normalized spacial score (nSPS) is 17.6. The first-order valence-corrected chi connectivity index (χ1v) is 6.72. The molecular formula is C15H21N3O2. The molecule has 1 saturated heterocycles. The Morgan fingerprint density at radius 1 is 1.40 bits per heavy atom. The van der Waals surface area contributed by atoms with Gasteiger partial charge in [0.1, 0.15) is 0 Å². The number of nitrogens with two attached hydrogens (primary N) is 2. The number of nitrogens with zero attached hydrogens (tertiary/aromatic N) is 1. The summed E-state index contributed by atoms with van der Waals surface area (Å²) in [6.45, 7) is 1.56. The molecule has 20 heavy (non-hydrogen) atoms. The number of para-hydroxylation sites is 1. The number of hydrogen-bond acceptors (Lipinski definition) is 5. The number of benzene rings is 1. The highest BCUT2D eigenvalue weighted by Crippen LogP contribution is 2.29. The fraction of sp³-hybridized carbons (Fsp3) is 0.400. The molecule has 5 heteroatoms. The van der Waals surface area contributed by atoms with Crippen LogP contribution in [0.15, 0.2) is 29.3 Å². The van der Waals surface area contributed by atoms with Crippen molar-refractivity contribution in [2.45, 2.75) is 18.9 Å². The summed E-state index contributed by atoms with van der Waals surface area (Å²) in [4.78, 5) is 4.49. The largest absolute Gasteiger partial charge is 0.494 e. The number of ether oxygens (including phenoxy) is 2. The van der Waals surface area contributed by atoms with E-state index in [9.17, 15) is 0 Å². The molecule has 1 aliphatic rings. The molecule has 1 aliphatic heterocycles. The predicted molar refractivity (Wildman–Crippen MR) is 81.9 cm³/mol. The third-order valence-electron chi connectivity index (χ3n) is 3.30. The zero-order chi connectivity index (χ0) is 14.4. The third-order valence-corrected chi connectivity index (χ3v) is 3.30. The molecule has 5 nitrogen and oxygen atoms in total. The van der Waals surface area contributed by atoms with Crippen molar-refractivity contribution >= 4 is 17.6 Å². The van der Waals surface area contributed by atoms with E-state index in [0.717, 1.165) is 31.6 Å². The lowest BCUT2D eigenvalue weighted by Crippen LogP contribution is -2.18. The van der Waals surface area contributed by atoms with Crippen LogP contribution in [-0.4, -0.2) is 32.6 Å². The molecule has 4 N–H and O–H groups in total. The molecule has 0 unspecified atom stereocenters. The fourth-order valence-corrected chi connectivity index (χ4v) is 2.18. The van der Waals surface area contributed by atoms with E-state index in [1.165, 1.54) is 0 Å². The van der Waals surface area contributed by atoms with Gasteiger partial charge in [0.2, 0.25) is 0 Å². The van der Waals surface area contributed by atoms with Crippen LogP contribution in [0.5, 0.6) is 5.75 Å². The second-order valence-electron chi connectivity index (χ2n) is 4.69. The maximum absolute atomic E-state index is 6.07. The van der Waals surface area contributed by atoms with E-state index < -0.39 is 0 Å². The Balaban J connectivity index is 2.10. The van der Waals surface area contributed by atoms with Gasteiger partial charge in [-0.15, -0.1) is 0 Å². The van der Waals surface area contributed by atoms with E-state index >= 15 is 0 Å². The first-order valence-electron chi connectivity index (χ1n) is 6.72. The van der Waals surface area contributed by atoms with E-state index in [2.05, 4.69) is 4.99 Å². The van der Waals surface area contributed by atoms with Gasteiger partial charge in [0.25, 0.3) is 0 Å². The summed E-state index contributed by atoms with van der Waals surface area (Å²) in [5.41, 5.74) is 13.9. The van der Waals surface area contributed by atoms with E-state index in [4.69, 9.17) is 20.9 Å². The summed E-state index contributed by atoms with van der Waals surface area (Å²) in [6.07, 6.45) is 5.47. The van der Waals surface area contributed by atoms with Crippen LogP contribution in [0.3, 0.4) is 0 Å². The number of hydrogen-bond donors (Lipinski definition) is 2. The van der Waals surface area contributed by atoms with Gasteiger partial charge in [0, 0.05) is 30.7 Å². The summed E-state index contributed by atoms with van der Waals surface area (Å²) >= 11 is 0. The quantitative estimate of drug-likeness (QED) is 0.648. The Hall–Kier alpha value is -2.01. The molecule has 108 valence electrons. The minimum Gasteiger partial charge on any atom is -0.494 e. The van der Waals surface area contributed by atoms with Gasteiger partial charge in [-0.3, -0.25) is 4.99 Å². The summed E-state index contributed by atoms with van der Waals surface area (Å²) in [5.74, 6) is 0.598. The molecule has 0 spiro atoms. The van der Waals surface area contributed by atoms with Crippen molar-refractivity contribution in [1.29, 1.82) is 0 Å².